The highest BCUT2D eigenvalue weighted by molar-refractivity contribution is 7.90. The first-order chi connectivity index (χ1) is 13.3. The number of sulfone groups is 1. The fourth-order valence-electron chi connectivity index (χ4n) is 2.53. The van der Waals surface area contributed by atoms with Gasteiger partial charge in [0.1, 0.15) is 5.76 Å². The first-order valence-corrected chi connectivity index (χ1v) is 10.2. The molecule has 0 radical (unpaired) electrons. The summed E-state index contributed by atoms with van der Waals surface area (Å²) in [5.74, 6) is -0.290. The molecule has 0 spiro atoms. The summed E-state index contributed by atoms with van der Waals surface area (Å²) in [6.45, 7) is 0.213. The van der Waals surface area contributed by atoms with Crippen molar-refractivity contribution in [2.24, 2.45) is 0 Å². The van der Waals surface area contributed by atoms with Crippen molar-refractivity contribution >= 4 is 27.3 Å². The highest BCUT2D eigenvalue weighted by Gasteiger charge is 2.16. The Balaban J connectivity index is 1.77. The first kappa shape index (κ1) is 19.4. The second kappa shape index (κ2) is 8.10. The normalized spacial score (nSPS) is 11.0. The van der Waals surface area contributed by atoms with Gasteiger partial charge in [0.05, 0.1) is 29.0 Å². The summed E-state index contributed by atoms with van der Waals surface area (Å²) >= 11 is 0. The number of nitrogens with one attached hydrogen (secondary N) is 2. The van der Waals surface area contributed by atoms with Crippen molar-refractivity contribution < 1.29 is 22.4 Å². The lowest BCUT2D eigenvalue weighted by molar-refractivity contribution is 0.0949. The highest BCUT2D eigenvalue weighted by Crippen LogP contribution is 2.18. The maximum absolute atomic E-state index is 12.6. The molecule has 0 fully saturated rings. The Morgan fingerprint density at radius 2 is 1.75 bits per heavy atom. The van der Waals surface area contributed by atoms with E-state index in [1.165, 1.54) is 30.5 Å². The quantitative estimate of drug-likeness (QED) is 0.664. The number of hydrogen-bond acceptors (Lipinski definition) is 5. The van der Waals surface area contributed by atoms with Crippen molar-refractivity contribution in [2.45, 2.75) is 11.4 Å². The van der Waals surface area contributed by atoms with Crippen molar-refractivity contribution in [3.63, 3.8) is 0 Å². The SMILES string of the molecule is CS(=O)(=O)c1cccc(C(=O)Nc2ccccc2C(=O)NCc2ccco2)c1. The molecule has 0 saturated heterocycles. The molecule has 0 bridgehead atoms. The van der Waals surface area contributed by atoms with E-state index in [4.69, 9.17) is 4.42 Å². The average Bonchev–Trinajstić information content (AvgIpc) is 3.19. The fraction of sp³-hybridized carbons (Fsp3) is 0.100. The van der Waals surface area contributed by atoms with Crippen molar-refractivity contribution in [1.29, 1.82) is 0 Å². The van der Waals surface area contributed by atoms with E-state index in [9.17, 15) is 18.0 Å². The lowest BCUT2D eigenvalue weighted by Gasteiger charge is -2.11. The molecule has 8 heteroatoms. The summed E-state index contributed by atoms with van der Waals surface area (Å²) in [4.78, 5) is 25.1. The molecule has 2 amide bonds. The zero-order valence-electron chi connectivity index (χ0n) is 15.0. The molecule has 3 rings (SSSR count). The predicted molar refractivity (Wildman–Crippen MR) is 104 cm³/mol. The Morgan fingerprint density at radius 3 is 2.46 bits per heavy atom. The standard InChI is InChI=1S/C20H18N2O5S/c1-28(25,26)16-8-4-6-14(12-16)19(23)22-18-10-3-2-9-17(18)20(24)21-13-15-7-5-11-27-15/h2-12H,13H2,1H3,(H,21,24)(H,22,23). The predicted octanol–water partition coefficient (Wildman–Crippen LogP) is 2.87. The van der Waals surface area contributed by atoms with Gasteiger partial charge < -0.3 is 15.1 Å². The summed E-state index contributed by atoms with van der Waals surface area (Å²) < 4.78 is 28.6. The van der Waals surface area contributed by atoms with E-state index in [-0.39, 0.29) is 28.5 Å². The zero-order chi connectivity index (χ0) is 20.1. The molecule has 0 unspecified atom stereocenters. The van der Waals surface area contributed by atoms with Crippen LogP contribution in [0, 0.1) is 0 Å². The molecule has 1 heterocycles. The summed E-state index contributed by atoms with van der Waals surface area (Å²) in [7, 11) is -3.44. The first-order valence-electron chi connectivity index (χ1n) is 8.35. The number of hydrogen-bond donors (Lipinski definition) is 2. The Kier molecular flexibility index (Phi) is 5.60. The van der Waals surface area contributed by atoms with Gasteiger partial charge in [-0.15, -0.1) is 0 Å². The fourth-order valence-corrected chi connectivity index (χ4v) is 3.20. The van der Waals surface area contributed by atoms with E-state index in [1.54, 1.807) is 36.4 Å². The van der Waals surface area contributed by atoms with Gasteiger partial charge in [0.15, 0.2) is 9.84 Å². The highest BCUT2D eigenvalue weighted by atomic mass is 32.2. The molecule has 144 valence electrons. The van der Waals surface area contributed by atoms with Crippen LogP contribution in [-0.2, 0) is 16.4 Å². The molecular weight excluding hydrogens is 380 g/mol. The van der Waals surface area contributed by atoms with Gasteiger partial charge in [-0.1, -0.05) is 18.2 Å². The van der Waals surface area contributed by atoms with Gasteiger partial charge in [0.2, 0.25) is 0 Å². The number of para-hydroxylation sites is 1. The molecule has 2 N–H and O–H groups in total. The number of anilines is 1. The number of carbonyl (C=O) groups excluding carboxylic acids is 2. The summed E-state index contributed by atoms with van der Waals surface area (Å²) in [5, 5.41) is 5.38. The third-order valence-electron chi connectivity index (χ3n) is 3.95. The van der Waals surface area contributed by atoms with E-state index < -0.39 is 15.7 Å². The number of carbonyl (C=O) groups is 2. The second-order valence-electron chi connectivity index (χ2n) is 6.06. The molecule has 0 aliphatic carbocycles. The zero-order valence-corrected chi connectivity index (χ0v) is 15.8. The minimum absolute atomic E-state index is 0.0460. The van der Waals surface area contributed by atoms with E-state index >= 15 is 0 Å². The van der Waals surface area contributed by atoms with E-state index in [1.807, 2.05) is 0 Å². The van der Waals surface area contributed by atoms with Crippen LogP contribution in [-0.4, -0.2) is 26.5 Å². The number of amides is 2. The molecule has 0 saturated carbocycles. The maximum Gasteiger partial charge on any atom is 0.255 e. The van der Waals surface area contributed by atoms with Crippen molar-refractivity contribution in [3.8, 4) is 0 Å². The van der Waals surface area contributed by atoms with Crippen LogP contribution >= 0.6 is 0 Å². The van der Waals surface area contributed by atoms with E-state index in [0.717, 1.165) is 6.26 Å². The van der Waals surface area contributed by atoms with Crippen LogP contribution in [0.15, 0.2) is 76.2 Å². The largest absolute Gasteiger partial charge is 0.467 e. The van der Waals surface area contributed by atoms with Crippen LogP contribution in [0.3, 0.4) is 0 Å². The van der Waals surface area contributed by atoms with E-state index in [0.29, 0.717) is 11.4 Å². The van der Waals surface area contributed by atoms with Crippen LogP contribution in [0.2, 0.25) is 0 Å². The molecule has 0 atom stereocenters. The molecule has 28 heavy (non-hydrogen) atoms. The van der Waals surface area contributed by atoms with Crippen LogP contribution in [0.4, 0.5) is 5.69 Å². The monoisotopic (exact) mass is 398 g/mol. The molecule has 7 nitrogen and oxygen atoms in total. The van der Waals surface area contributed by atoms with Crippen molar-refractivity contribution in [1.82, 2.24) is 5.32 Å². The third-order valence-corrected chi connectivity index (χ3v) is 5.06. The number of furan rings is 1. The minimum atomic E-state index is -3.44. The molecule has 0 aliphatic heterocycles. The van der Waals surface area contributed by atoms with Crippen LogP contribution in [0.1, 0.15) is 26.5 Å². The van der Waals surface area contributed by atoms with Crippen molar-refractivity contribution in [2.75, 3.05) is 11.6 Å². The second-order valence-corrected chi connectivity index (χ2v) is 8.08. The Labute approximate surface area is 162 Å². The van der Waals surface area contributed by atoms with Crippen LogP contribution < -0.4 is 10.6 Å². The van der Waals surface area contributed by atoms with Crippen LogP contribution in [0.25, 0.3) is 0 Å². The lowest BCUT2D eigenvalue weighted by atomic mass is 10.1. The number of benzene rings is 2. The smallest absolute Gasteiger partial charge is 0.255 e. The van der Waals surface area contributed by atoms with Crippen molar-refractivity contribution in [3.05, 3.63) is 83.8 Å². The van der Waals surface area contributed by atoms with E-state index in [2.05, 4.69) is 10.6 Å². The molecule has 0 aliphatic rings. The summed E-state index contributed by atoms with van der Waals surface area (Å²) in [6, 6.07) is 15.7. The van der Waals surface area contributed by atoms with Gasteiger partial charge in [0.25, 0.3) is 11.8 Å². The molecule has 3 aromatic rings. The summed E-state index contributed by atoms with van der Waals surface area (Å²) in [6.07, 6.45) is 2.59. The van der Waals surface area contributed by atoms with Gasteiger partial charge >= 0.3 is 0 Å². The Hall–Kier alpha value is -3.39. The van der Waals surface area contributed by atoms with Gasteiger partial charge in [-0.05, 0) is 42.5 Å². The number of rotatable bonds is 6. The van der Waals surface area contributed by atoms with Crippen LogP contribution in [0.5, 0.6) is 0 Å². The van der Waals surface area contributed by atoms with Gasteiger partial charge in [-0.2, -0.15) is 0 Å². The Morgan fingerprint density at radius 1 is 0.964 bits per heavy atom. The molecular formula is C20H18N2O5S. The van der Waals surface area contributed by atoms with Gasteiger partial charge in [0, 0.05) is 11.8 Å². The average molecular weight is 398 g/mol. The third kappa shape index (κ3) is 4.66. The molecule has 1 aromatic heterocycles. The van der Waals surface area contributed by atoms with Gasteiger partial charge in [-0.3, -0.25) is 9.59 Å². The topological polar surface area (TPSA) is 105 Å². The lowest BCUT2D eigenvalue weighted by Crippen LogP contribution is -2.24. The summed E-state index contributed by atoms with van der Waals surface area (Å²) in [5.41, 5.74) is 0.768. The Bertz CT molecular complexity index is 1110. The minimum Gasteiger partial charge on any atom is -0.467 e. The molecule has 2 aromatic carbocycles. The maximum atomic E-state index is 12.6. The van der Waals surface area contributed by atoms with Gasteiger partial charge in [-0.25, -0.2) is 8.42 Å².